The molecule has 0 saturated carbocycles. The molecule has 1 N–H and O–H groups in total. The molecular weight excluding hydrogens is 376 g/mol. The van der Waals surface area contributed by atoms with Crippen molar-refractivity contribution in [1.29, 1.82) is 0 Å². The maximum Gasteiger partial charge on any atom is 0.224 e. The molecule has 1 amide bonds. The third kappa shape index (κ3) is 4.94. The van der Waals surface area contributed by atoms with E-state index in [1.807, 2.05) is 0 Å². The quantitative estimate of drug-likeness (QED) is 0.574. The van der Waals surface area contributed by atoms with E-state index in [9.17, 15) is 9.18 Å². The summed E-state index contributed by atoms with van der Waals surface area (Å²) in [5, 5.41) is 3.73. The molecule has 0 saturated heterocycles. The van der Waals surface area contributed by atoms with Crippen molar-refractivity contribution in [1.82, 2.24) is 0 Å². The van der Waals surface area contributed by atoms with Gasteiger partial charge >= 0.3 is 0 Å². The summed E-state index contributed by atoms with van der Waals surface area (Å²) in [7, 11) is 0. The summed E-state index contributed by atoms with van der Waals surface area (Å²) in [5.41, 5.74) is 0.414. The number of hydrogen-bond acceptors (Lipinski definition) is 1. The summed E-state index contributed by atoms with van der Waals surface area (Å²) in [6.45, 7) is 0. The average Bonchev–Trinajstić information content (AvgIpc) is 2.24. The Hall–Kier alpha value is -0.130. The van der Waals surface area contributed by atoms with Crippen LogP contribution in [0.4, 0.5) is 10.1 Å². The van der Waals surface area contributed by atoms with Gasteiger partial charge < -0.3 is 5.32 Å². The lowest BCUT2D eigenvalue weighted by molar-refractivity contribution is -0.116. The van der Waals surface area contributed by atoms with Gasteiger partial charge in [-0.25, -0.2) is 4.39 Å². The highest BCUT2D eigenvalue weighted by Gasteiger charge is 2.11. The molecule has 2 nitrogen and oxygen atoms in total. The van der Waals surface area contributed by atoms with Crippen LogP contribution in [-0.4, -0.2) is 11.2 Å². The molecule has 0 aliphatic heterocycles. The maximum atomic E-state index is 13.0. The first kappa shape index (κ1) is 14.9. The summed E-state index contributed by atoms with van der Waals surface area (Å²) in [6.07, 6.45) is 2.16. The van der Waals surface area contributed by atoms with Gasteiger partial charge in [0.15, 0.2) is 0 Å². The van der Waals surface area contributed by atoms with Gasteiger partial charge in [0.2, 0.25) is 5.91 Å². The number of rotatable bonds is 5. The Balaban J connectivity index is 2.65. The SMILES string of the molecule is O=C(CCCCBr)Nc1c(Cl)cc(F)cc1Br. The van der Waals surface area contributed by atoms with Crippen LogP contribution in [-0.2, 0) is 4.79 Å². The van der Waals surface area contributed by atoms with E-state index in [0.717, 1.165) is 18.2 Å². The normalized spacial score (nSPS) is 10.4. The standard InChI is InChI=1S/C11H11Br2ClFNO/c12-4-2-1-3-10(17)16-11-8(13)5-7(15)6-9(11)14/h5-6H,1-4H2,(H,16,17). The van der Waals surface area contributed by atoms with Gasteiger partial charge in [-0.3, -0.25) is 4.79 Å². The zero-order valence-electron chi connectivity index (χ0n) is 8.90. The number of carbonyl (C=O) groups is 1. The lowest BCUT2D eigenvalue weighted by atomic mass is 10.2. The number of carbonyl (C=O) groups excluding carboxylic acids is 1. The molecule has 0 spiro atoms. The smallest absolute Gasteiger partial charge is 0.224 e. The highest BCUT2D eigenvalue weighted by Crippen LogP contribution is 2.31. The molecule has 1 aromatic rings. The van der Waals surface area contributed by atoms with E-state index in [4.69, 9.17) is 11.6 Å². The monoisotopic (exact) mass is 385 g/mol. The predicted octanol–water partition coefficient (Wildman–Crippen LogP) is 4.75. The number of amides is 1. The Morgan fingerprint density at radius 1 is 1.41 bits per heavy atom. The average molecular weight is 387 g/mol. The molecule has 17 heavy (non-hydrogen) atoms. The van der Waals surface area contributed by atoms with Crippen LogP contribution < -0.4 is 5.32 Å². The van der Waals surface area contributed by atoms with Gasteiger partial charge in [0, 0.05) is 16.2 Å². The number of alkyl halides is 1. The second-order valence-electron chi connectivity index (χ2n) is 3.44. The molecule has 0 unspecified atom stereocenters. The highest BCUT2D eigenvalue weighted by molar-refractivity contribution is 9.10. The van der Waals surface area contributed by atoms with E-state index in [-0.39, 0.29) is 10.9 Å². The van der Waals surface area contributed by atoms with Crippen LogP contribution >= 0.6 is 43.5 Å². The zero-order valence-corrected chi connectivity index (χ0v) is 12.8. The van der Waals surface area contributed by atoms with Crippen molar-refractivity contribution in [2.24, 2.45) is 0 Å². The van der Waals surface area contributed by atoms with E-state index in [1.165, 1.54) is 12.1 Å². The first-order valence-corrected chi connectivity index (χ1v) is 7.34. The van der Waals surface area contributed by atoms with Crippen molar-refractivity contribution >= 4 is 55.1 Å². The lowest BCUT2D eigenvalue weighted by Gasteiger charge is -2.09. The van der Waals surface area contributed by atoms with Crippen LogP contribution in [0.2, 0.25) is 5.02 Å². The summed E-state index contributed by atoms with van der Waals surface area (Å²) in [6, 6.07) is 2.43. The van der Waals surface area contributed by atoms with Gasteiger partial charge in [0.1, 0.15) is 5.82 Å². The Morgan fingerprint density at radius 3 is 2.71 bits per heavy atom. The van der Waals surface area contributed by atoms with Crippen LogP contribution in [0.5, 0.6) is 0 Å². The summed E-state index contributed by atoms with van der Waals surface area (Å²) in [5.74, 6) is -0.570. The van der Waals surface area contributed by atoms with Gasteiger partial charge in [0.05, 0.1) is 10.7 Å². The molecule has 1 rings (SSSR count). The molecule has 0 bridgehead atoms. The maximum absolute atomic E-state index is 13.0. The Kier molecular flexibility index (Phi) is 6.44. The largest absolute Gasteiger partial charge is 0.324 e. The van der Waals surface area contributed by atoms with Crippen LogP contribution in [0.1, 0.15) is 19.3 Å². The minimum atomic E-state index is -0.445. The molecule has 0 atom stereocenters. The number of hydrogen-bond donors (Lipinski definition) is 1. The third-order valence-corrected chi connectivity index (χ3v) is 3.54. The van der Waals surface area contributed by atoms with Crippen LogP contribution in [0.15, 0.2) is 16.6 Å². The van der Waals surface area contributed by atoms with Crippen molar-refractivity contribution < 1.29 is 9.18 Å². The predicted molar refractivity (Wildman–Crippen MR) is 75.4 cm³/mol. The second-order valence-corrected chi connectivity index (χ2v) is 5.49. The summed E-state index contributed by atoms with van der Waals surface area (Å²) >= 11 is 12.3. The molecule has 0 fully saturated rings. The molecule has 94 valence electrons. The number of nitrogens with one attached hydrogen (secondary N) is 1. The second kappa shape index (κ2) is 7.34. The number of anilines is 1. The fourth-order valence-electron chi connectivity index (χ4n) is 1.24. The molecule has 0 aromatic heterocycles. The van der Waals surface area contributed by atoms with Crippen LogP contribution in [0, 0.1) is 5.82 Å². The first-order chi connectivity index (χ1) is 8.04. The highest BCUT2D eigenvalue weighted by atomic mass is 79.9. The summed E-state index contributed by atoms with van der Waals surface area (Å²) < 4.78 is 13.4. The van der Waals surface area contributed by atoms with Gasteiger partial charge in [-0.2, -0.15) is 0 Å². The fraction of sp³-hybridized carbons (Fsp3) is 0.364. The van der Waals surface area contributed by atoms with Crippen molar-refractivity contribution in [2.45, 2.75) is 19.3 Å². The number of benzene rings is 1. The number of halogens is 4. The zero-order chi connectivity index (χ0) is 12.8. The summed E-state index contributed by atoms with van der Waals surface area (Å²) in [4.78, 5) is 11.6. The van der Waals surface area contributed by atoms with Crippen LogP contribution in [0.25, 0.3) is 0 Å². The van der Waals surface area contributed by atoms with Gasteiger partial charge in [0.25, 0.3) is 0 Å². The Bertz CT molecular complexity index is 391. The van der Waals surface area contributed by atoms with Gasteiger partial charge in [-0.15, -0.1) is 0 Å². The Morgan fingerprint density at radius 2 is 2.12 bits per heavy atom. The van der Waals surface area contributed by atoms with Gasteiger partial charge in [-0.1, -0.05) is 27.5 Å². The van der Waals surface area contributed by atoms with E-state index < -0.39 is 5.82 Å². The molecule has 0 aliphatic carbocycles. The van der Waals surface area contributed by atoms with Crippen LogP contribution in [0.3, 0.4) is 0 Å². The molecular formula is C11H11Br2ClFNO. The van der Waals surface area contributed by atoms with Crippen molar-refractivity contribution in [3.63, 3.8) is 0 Å². The molecule has 0 heterocycles. The first-order valence-electron chi connectivity index (χ1n) is 5.05. The minimum absolute atomic E-state index is 0.125. The van der Waals surface area contributed by atoms with Gasteiger partial charge in [-0.05, 0) is 40.9 Å². The van der Waals surface area contributed by atoms with Crippen molar-refractivity contribution in [3.8, 4) is 0 Å². The lowest BCUT2D eigenvalue weighted by Crippen LogP contribution is -2.12. The Labute approximate surface area is 121 Å². The van der Waals surface area contributed by atoms with Crippen molar-refractivity contribution in [3.05, 3.63) is 27.4 Å². The fourth-order valence-corrected chi connectivity index (χ4v) is 2.54. The molecule has 1 aromatic carbocycles. The molecule has 6 heteroatoms. The molecule has 0 radical (unpaired) electrons. The van der Waals surface area contributed by atoms with E-state index in [1.54, 1.807) is 0 Å². The van der Waals surface area contributed by atoms with Crippen molar-refractivity contribution in [2.75, 3.05) is 10.6 Å². The van der Waals surface area contributed by atoms with E-state index >= 15 is 0 Å². The number of unbranched alkanes of at least 4 members (excludes halogenated alkanes) is 1. The minimum Gasteiger partial charge on any atom is -0.324 e. The van der Waals surface area contributed by atoms with E-state index in [2.05, 4.69) is 37.2 Å². The molecule has 0 aliphatic rings. The van der Waals surface area contributed by atoms with E-state index in [0.29, 0.717) is 16.6 Å². The topological polar surface area (TPSA) is 29.1 Å². The third-order valence-electron chi connectivity index (χ3n) is 2.06.